The van der Waals surface area contributed by atoms with E-state index in [4.69, 9.17) is 0 Å². The number of nitrogens with zero attached hydrogens (tertiary/aromatic N) is 2. The minimum absolute atomic E-state index is 0.593. The van der Waals surface area contributed by atoms with Gasteiger partial charge in [0.15, 0.2) is 0 Å². The summed E-state index contributed by atoms with van der Waals surface area (Å²) in [6, 6.07) is 10.2. The second-order valence-electron chi connectivity index (χ2n) is 6.97. The molecule has 3 aliphatic rings. The van der Waals surface area contributed by atoms with E-state index < -0.39 is 0 Å². The molecule has 0 aliphatic carbocycles. The Labute approximate surface area is 125 Å². The minimum Gasteiger partial charge on any atom is -0.357 e. The number of aromatic nitrogens is 1. The van der Waals surface area contributed by atoms with E-state index >= 15 is 0 Å². The highest BCUT2D eigenvalue weighted by molar-refractivity contribution is 5.85. The van der Waals surface area contributed by atoms with Crippen LogP contribution in [0.3, 0.4) is 0 Å². The van der Waals surface area contributed by atoms with Gasteiger partial charge in [0.2, 0.25) is 0 Å². The first-order chi connectivity index (χ1) is 10.4. The molecule has 2 atom stereocenters. The average molecular weight is 281 g/mol. The summed E-state index contributed by atoms with van der Waals surface area (Å²) in [6.07, 6.45) is 5.44. The number of piperidine rings is 1. The lowest BCUT2D eigenvalue weighted by Gasteiger charge is -2.50. The molecule has 0 radical (unpaired) electrons. The molecule has 3 heteroatoms. The van der Waals surface area contributed by atoms with Gasteiger partial charge < -0.3 is 4.98 Å². The van der Waals surface area contributed by atoms with Crippen molar-refractivity contribution in [2.24, 2.45) is 0 Å². The summed E-state index contributed by atoms with van der Waals surface area (Å²) in [6.45, 7) is 5.05. The van der Waals surface area contributed by atoms with Crippen LogP contribution < -0.4 is 0 Å². The molecule has 1 aromatic carbocycles. The van der Waals surface area contributed by atoms with E-state index in [0.717, 1.165) is 6.04 Å². The Morgan fingerprint density at radius 2 is 1.95 bits per heavy atom. The second-order valence-corrected chi connectivity index (χ2v) is 6.97. The summed E-state index contributed by atoms with van der Waals surface area (Å²) in [7, 11) is 0. The van der Waals surface area contributed by atoms with Crippen LogP contribution in [0, 0.1) is 0 Å². The topological polar surface area (TPSA) is 22.3 Å². The van der Waals surface area contributed by atoms with Gasteiger partial charge in [0.05, 0.1) is 6.04 Å². The molecule has 1 aromatic heterocycles. The molecule has 1 N–H and O–H groups in total. The van der Waals surface area contributed by atoms with Crippen molar-refractivity contribution in [1.29, 1.82) is 0 Å². The molecule has 0 bridgehead atoms. The normalized spacial score (nSPS) is 29.9. The lowest BCUT2D eigenvalue weighted by atomic mass is 9.90. The minimum atomic E-state index is 0.593. The molecular weight excluding hydrogens is 258 g/mol. The van der Waals surface area contributed by atoms with Crippen molar-refractivity contribution in [3.05, 3.63) is 35.5 Å². The average Bonchev–Trinajstić information content (AvgIpc) is 2.92. The Kier molecular flexibility index (Phi) is 2.67. The molecule has 0 saturated carbocycles. The van der Waals surface area contributed by atoms with Gasteiger partial charge in [-0.05, 0) is 37.4 Å². The van der Waals surface area contributed by atoms with E-state index in [-0.39, 0.29) is 0 Å². The van der Waals surface area contributed by atoms with Crippen LogP contribution >= 0.6 is 0 Å². The number of hydrogen-bond donors (Lipinski definition) is 1. The van der Waals surface area contributed by atoms with Crippen LogP contribution in [0.2, 0.25) is 0 Å². The van der Waals surface area contributed by atoms with E-state index in [0.29, 0.717) is 6.04 Å². The van der Waals surface area contributed by atoms with E-state index in [9.17, 15) is 0 Å². The fourth-order valence-electron chi connectivity index (χ4n) is 4.79. The van der Waals surface area contributed by atoms with Crippen molar-refractivity contribution < 1.29 is 0 Å². The second kappa shape index (κ2) is 4.59. The van der Waals surface area contributed by atoms with E-state index in [1.165, 1.54) is 68.5 Å². The zero-order chi connectivity index (χ0) is 13.8. The molecule has 2 fully saturated rings. The number of fused-ring (bicyclic) bond motifs is 6. The molecule has 2 saturated heterocycles. The Balaban J connectivity index is 1.56. The first-order valence-corrected chi connectivity index (χ1v) is 8.48. The summed E-state index contributed by atoms with van der Waals surface area (Å²) < 4.78 is 0. The molecule has 21 heavy (non-hydrogen) atoms. The van der Waals surface area contributed by atoms with Gasteiger partial charge in [0.1, 0.15) is 0 Å². The lowest BCUT2D eigenvalue weighted by Crippen LogP contribution is -2.57. The SMILES string of the molecule is c1ccc2c3c([nH]c2c1)C1CN2CCCCC2CN1CC3. The fraction of sp³-hybridized carbons (Fsp3) is 0.556. The van der Waals surface area contributed by atoms with Crippen LogP contribution in [0.4, 0.5) is 0 Å². The molecule has 3 aliphatic heterocycles. The predicted molar refractivity (Wildman–Crippen MR) is 85.5 cm³/mol. The molecule has 4 heterocycles. The van der Waals surface area contributed by atoms with Gasteiger partial charge in [0.25, 0.3) is 0 Å². The number of H-pyrrole nitrogens is 1. The Bertz CT molecular complexity index is 674. The number of hydrogen-bond acceptors (Lipinski definition) is 2. The summed E-state index contributed by atoms with van der Waals surface area (Å²) >= 11 is 0. The van der Waals surface area contributed by atoms with Crippen LogP contribution in [0.25, 0.3) is 10.9 Å². The highest BCUT2D eigenvalue weighted by Crippen LogP contribution is 2.38. The smallest absolute Gasteiger partial charge is 0.0630 e. The van der Waals surface area contributed by atoms with Gasteiger partial charge in [0, 0.05) is 42.3 Å². The molecule has 5 rings (SSSR count). The van der Waals surface area contributed by atoms with Crippen LogP contribution in [-0.4, -0.2) is 47.0 Å². The van der Waals surface area contributed by atoms with Crippen molar-refractivity contribution in [3.63, 3.8) is 0 Å². The van der Waals surface area contributed by atoms with Gasteiger partial charge in [-0.25, -0.2) is 0 Å². The number of piperazine rings is 1. The van der Waals surface area contributed by atoms with E-state index in [1.54, 1.807) is 5.56 Å². The molecule has 0 spiro atoms. The zero-order valence-electron chi connectivity index (χ0n) is 12.5. The maximum Gasteiger partial charge on any atom is 0.0630 e. The fourth-order valence-corrected chi connectivity index (χ4v) is 4.79. The van der Waals surface area contributed by atoms with Crippen molar-refractivity contribution in [2.45, 2.75) is 37.8 Å². The molecule has 2 aromatic rings. The number of benzene rings is 1. The summed E-state index contributed by atoms with van der Waals surface area (Å²) in [5.41, 5.74) is 4.42. The van der Waals surface area contributed by atoms with Crippen LogP contribution in [0.1, 0.15) is 36.6 Å². The number of nitrogens with one attached hydrogen (secondary N) is 1. The quantitative estimate of drug-likeness (QED) is 0.802. The van der Waals surface area contributed by atoms with Gasteiger partial charge in [-0.1, -0.05) is 24.6 Å². The summed E-state index contributed by atoms with van der Waals surface area (Å²) in [4.78, 5) is 9.24. The zero-order valence-corrected chi connectivity index (χ0v) is 12.5. The van der Waals surface area contributed by atoms with Crippen LogP contribution in [0.15, 0.2) is 24.3 Å². The van der Waals surface area contributed by atoms with E-state index in [2.05, 4.69) is 39.0 Å². The van der Waals surface area contributed by atoms with Crippen molar-refractivity contribution in [2.75, 3.05) is 26.2 Å². The van der Waals surface area contributed by atoms with Crippen molar-refractivity contribution >= 4 is 10.9 Å². The first kappa shape index (κ1) is 12.2. The highest BCUT2D eigenvalue weighted by atomic mass is 15.3. The van der Waals surface area contributed by atoms with Crippen LogP contribution in [0.5, 0.6) is 0 Å². The molecular formula is C18H23N3. The van der Waals surface area contributed by atoms with Gasteiger partial charge in [-0.2, -0.15) is 0 Å². The summed E-state index contributed by atoms with van der Waals surface area (Å²) in [5, 5.41) is 1.45. The molecule has 2 unspecified atom stereocenters. The number of para-hydroxylation sites is 1. The van der Waals surface area contributed by atoms with E-state index in [1.807, 2.05) is 0 Å². The van der Waals surface area contributed by atoms with Crippen molar-refractivity contribution in [3.8, 4) is 0 Å². The molecule has 110 valence electrons. The largest absolute Gasteiger partial charge is 0.357 e. The van der Waals surface area contributed by atoms with Crippen LogP contribution in [-0.2, 0) is 6.42 Å². The number of rotatable bonds is 0. The first-order valence-electron chi connectivity index (χ1n) is 8.48. The summed E-state index contributed by atoms with van der Waals surface area (Å²) in [5.74, 6) is 0. The standard InChI is InChI=1S/C18H23N3/c1-2-7-16-14(6-1)15-8-10-21-11-13-5-3-4-9-20(13)12-17(21)18(15)19-16/h1-2,6-7,13,17,19H,3-5,8-12H2. The number of aromatic amines is 1. The van der Waals surface area contributed by atoms with Crippen molar-refractivity contribution in [1.82, 2.24) is 14.8 Å². The highest BCUT2D eigenvalue weighted by Gasteiger charge is 2.39. The lowest BCUT2D eigenvalue weighted by molar-refractivity contribution is 0.00244. The maximum absolute atomic E-state index is 3.74. The molecule has 3 nitrogen and oxygen atoms in total. The maximum atomic E-state index is 3.74. The van der Waals surface area contributed by atoms with Gasteiger partial charge in [-0.15, -0.1) is 0 Å². The Morgan fingerprint density at radius 1 is 1.00 bits per heavy atom. The van der Waals surface area contributed by atoms with Gasteiger partial charge in [-0.3, -0.25) is 9.80 Å². The predicted octanol–water partition coefficient (Wildman–Crippen LogP) is 2.94. The monoisotopic (exact) mass is 281 g/mol. The Hall–Kier alpha value is -1.32. The van der Waals surface area contributed by atoms with Gasteiger partial charge >= 0.3 is 0 Å². The molecule has 0 amide bonds. The third-order valence-corrected chi connectivity index (χ3v) is 5.87. The Morgan fingerprint density at radius 3 is 2.95 bits per heavy atom. The third kappa shape index (κ3) is 1.80. The third-order valence-electron chi connectivity index (χ3n) is 5.87.